The standard InChI is InChI=1S/C15H26N4O/c1-4-18(13-5-6-13)8-7-17-15(20)14-9-12(16)10-19(14)11(2)3/h9-11,13H,4-8,16H2,1-3H3,(H,17,20). The molecule has 5 heteroatoms. The number of nitrogen functional groups attached to an aromatic ring is 1. The molecule has 0 unspecified atom stereocenters. The monoisotopic (exact) mass is 278 g/mol. The van der Waals surface area contributed by atoms with Crippen LogP contribution in [0.5, 0.6) is 0 Å². The fourth-order valence-electron chi connectivity index (χ4n) is 2.55. The zero-order valence-electron chi connectivity index (χ0n) is 12.7. The van der Waals surface area contributed by atoms with Crippen LogP contribution in [0.1, 0.15) is 50.1 Å². The highest BCUT2D eigenvalue weighted by Crippen LogP contribution is 2.25. The molecule has 1 heterocycles. The second-order valence-electron chi connectivity index (χ2n) is 5.78. The Balaban J connectivity index is 1.88. The molecule has 1 aliphatic carbocycles. The van der Waals surface area contributed by atoms with Gasteiger partial charge in [-0.05, 0) is 39.3 Å². The molecule has 1 aromatic rings. The van der Waals surface area contributed by atoms with Gasteiger partial charge >= 0.3 is 0 Å². The normalized spacial score (nSPS) is 15.1. The van der Waals surface area contributed by atoms with E-state index in [9.17, 15) is 4.79 Å². The highest BCUT2D eigenvalue weighted by atomic mass is 16.1. The maximum atomic E-state index is 12.2. The van der Waals surface area contributed by atoms with Gasteiger partial charge in [0.15, 0.2) is 0 Å². The van der Waals surface area contributed by atoms with Crippen molar-refractivity contribution in [2.24, 2.45) is 0 Å². The van der Waals surface area contributed by atoms with E-state index in [1.165, 1.54) is 12.8 Å². The summed E-state index contributed by atoms with van der Waals surface area (Å²) in [4.78, 5) is 14.7. The lowest BCUT2D eigenvalue weighted by atomic mass is 10.3. The molecule has 1 aliphatic rings. The topological polar surface area (TPSA) is 63.3 Å². The van der Waals surface area contributed by atoms with Crippen LogP contribution in [0.2, 0.25) is 0 Å². The van der Waals surface area contributed by atoms with Crippen LogP contribution in [0, 0.1) is 0 Å². The first-order chi connectivity index (χ1) is 9.52. The molecular formula is C15H26N4O. The Labute approximate surface area is 121 Å². The summed E-state index contributed by atoms with van der Waals surface area (Å²) in [5, 5.41) is 3.00. The third-order valence-electron chi connectivity index (χ3n) is 3.81. The average molecular weight is 278 g/mol. The van der Waals surface area contributed by atoms with Gasteiger partial charge in [0.2, 0.25) is 0 Å². The molecule has 1 fully saturated rings. The summed E-state index contributed by atoms with van der Waals surface area (Å²) < 4.78 is 1.92. The van der Waals surface area contributed by atoms with Crippen molar-refractivity contribution >= 4 is 11.6 Å². The van der Waals surface area contributed by atoms with Gasteiger partial charge in [-0.3, -0.25) is 9.69 Å². The van der Waals surface area contributed by atoms with E-state index in [1.807, 2.05) is 24.6 Å². The van der Waals surface area contributed by atoms with E-state index in [1.54, 1.807) is 6.07 Å². The molecule has 0 atom stereocenters. The molecule has 0 spiro atoms. The lowest BCUT2D eigenvalue weighted by Crippen LogP contribution is -2.36. The molecule has 5 nitrogen and oxygen atoms in total. The summed E-state index contributed by atoms with van der Waals surface area (Å²) in [6.07, 6.45) is 4.42. The van der Waals surface area contributed by atoms with Gasteiger partial charge in [-0.2, -0.15) is 0 Å². The summed E-state index contributed by atoms with van der Waals surface area (Å²) in [5.74, 6) is -0.0396. The van der Waals surface area contributed by atoms with E-state index in [0.717, 1.165) is 19.1 Å². The van der Waals surface area contributed by atoms with Crippen molar-refractivity contribution in [1.82, 2.24) is 14.8 Å². The number of nitrogens with zero attached hydrogens (tertiary/aromatic N) is 2. The quantitative estimate of drug-likeness (QED) is 0.800. The summed E-state index contributed by atoms with van der Waals surface area (Å²) in [6.45, 7) is 8.92. The smallest absolute Gasteiger partial charge is 0.268 e. The molecule has 0 aliphatic heterocycles. The van der Waals surface area contributed by atoms with Crippen LogP contribution in [0.25, 0.3) is 0 Å². The second-order valence-corrected chi connectivity index (χ2v) is 5.78. The zero-order valence-corrected chi connectivity index (χ0v) is 12.7. The minimum Gasteiger partial charge on any atom is -0.397 e. The molecule has 1 amide bonds. The largest absolute Gasteiger partial charge is 0.397 e. The number of hydrogen-bond donors (Lipinski definition) is 2. The minimum absolute atomic E-state index is 0.0396. The lowest BCUT2D eigenvalue weighted by molar-refractivity contribution is 0.0937. The number of aromatic nitrogens is 1. The molecule has 0 bridgehead atoms. The van der Waals surface area contributed by atoms with Crippen LogP contribution in [-0.2, 0) is 0 Å². The molecule has 1 aromatic heterocycles. The van der Waals surface area contributed by atoms with Gasteiger partial charge in [-0.1, -0.05) is 6.92 Å². The molecule has 20 heavy (non-hydrogen) atoms. The maximum absolute atomic E-state index is 12.2. The highest BCUT2D eigenvalue weighted by molar-refractivity contribution is 5.93. The average Bonchev–Trinajstić information content (AvgIpc) is 3.16. The van der Waals surface area contributed by atoms with Gasteiger partial charge in [0.1, 0.15) is 5.69 Å². The molecule has 3 N–H and O–H groups in total. The van der Waals surface area contributed by atoms with Crippen LogP contribution >= 0.6 is 0 Å². The van der Waals surface area contributed by atoms with E-state index in [0.29, 0.717) is 17.9 Å². The number of amides is 1. The SMILES string of the molecule is CCN(CCNC(=O)c1cc(N)cn1C(C)C)C1CC1. The zero-order chi connectivity index (χ0) is 14.7. The number of anilines is 1. The van der Waals surface area contributed by atoms with E-state index in [2.05, 4.69) is 17.1 Å². The first kappa shape index (κ1) is 14.9. The Morgan fingerprint density at radius 3 is 2.80 bits per heavy atom. The van der Waals surface area contributed by atoms with Crippen LogP contribution in [0.15, 0.2) is 12.3 Å². The van der Waals surface area contributed by atoms with E-state index < -0.39 is 0 Å². The minimum atomic E-state index is -0.0396. The number of rotatable bonds is 7. The first-order valence-corrected chi connectivity index (χ1v) is 7.52. The summed E-state index contributed by atoms with van der Waals surface area (Å²) in [5.41, 5.74) is 7.07. The Bertz CT molecular complexity index is 462. The molecule has 112 valence electrons. The summed E-state index contributed by atoms with van der Waals surface area (Å²) >= 11 is 0. The van der Waals surface area contributed by atoms with Gasteiger partial charge in [-0.15, -0.1) is 0 Å². The third kappa shape index (κ3) is 3.54. The number of carbonyl (C=O) groups excluding carboxylic acids is 1. The second kappa shape index (κ2) is 6.31. The van der Waals surface area contributed by atoms with E-state index in [-0.39, 0.29) is 11.9 Å². The Morgan fingerprint density at radius 1 is 1.55 bits per heavy atom. The van der Waals surface area contributed by atoms with Gasteiger partial charge < -0.3 is 15.6 Å². The Hall–Kier alpha value is -1.49. The van der Waals surface area contributed by atoms with Crippen molar-refractivity contribution in [3.63, 3.8) is 0 Å². The number of nitrogens with two attached hydrogens (primary N) is 1. The van der Waals surface area contributed by atoms with E-state index >= 15 is 0 Å². The molecular weight excluding hydrogens is 252 g/mol. The highest BCUT2D eigenvalue weighted by Gasteiger charge is 2.27. The van der Waals surface area contributed by atoms with Crippen LogP contribution < -0.4 is 11.1 Å². The Morgan fingerprint density at radius 2 is 2.25 bits per heavy atom. The third-order valence-corrected chi connectivity index (χ3v) is 3.81. The van der Waals surface area contributed by atoms with Crippen LogP contribution in [0.3, 0.4) is 0 Å². The predicted octanol–water partition coefficient (Wildman–Crippen LogP) is 1.87. The van der Waals surface area contributed by atoms with Crippen molar-refractivity contribution in [3.05, 3.63) is 18.0 Å². The van der Waals surface area contributed by atoms with Gasteiger partial charge in [0.25, 0.3) is 5.91 Å². The molecule has 0 saturated heterocycles. The van der Waals surface area contributed by atoms with Crippen molar-refractivity contribution < 1.29 is 4.79 Å². The van der Waals surface area contributed by atoms with Crippen molar-refractivity contribution in [2.75, 3.05) is 25.4 Å². The molecule has 1 saturated carbocycles. The molecule has 0 radical (unpaired) electrons. The predicted molar refractivity (Wildman–Crippen MR) is 81.8 cm³/mol. The van der Waals surface area contributed by atoms with E-state index in [4.69, 9.17) is 5.73 Å². The fraction of sp³-hybridized carbons (Fsp3) is 0.667. The summed E-state index contributed by atoms with van der Waals surface area (Å²) in [6, 6.07) is 2.71. The summed E-state index contributed by atoms with van der Waals surface area (Å²) in [7, 11) is 0. The van der Waals surface area contributed by atoms with Gasteiger partial charge in [0, 0.05) is 31.4 Å². The molecule has 0 aromatic carbocycles. The first-order valence-electron chi connectivity index (χ1n) is 7.52. The van der Waals surface area contributed by atoms with Crippen molar-refractivity contribution in [3.8, 4) is 0 Å². The Kier molecular flexibility index (Phi) is 4.70. The number of nitrogens with one attached hydrogen (secondary N) is 1. The number of carbonyl (C=O) groups is 1. The number of likely N-dealkylation sites (N-methyl/N-ethyl adjacent to an activating group) is 1. The molecule has 2 rings (SSSR count). The van der Waals surface area contributed by atoms with Gasteiger partial charge in [-0.25, -0.2) is 0 Å². The van der Waals surface area contributed by atoms with Gasteiger partial charge in [0.05, 0.1) is 5.69 Å². The maximum Gasteiger partial charge on any atom is 0.268 e. The van der Waals surface area contributed by atoms with Crippen LogP contribution in [-0.4, -0.2) is 41.1 Å². The number of hydrogen-bond acceptors (Lipinski definition) is 3. The van der Waals surface area contributed by atoms with Crippen molar-refractivity contribution in [2.45, 2.75) is 45.7 Å². The van der Waals surface area contributed by atoms with Crippen molar-refractivity contribution in [1.29, 1.82) is 0 Å². The van der Waals surface area contributed by atoms with Crippen LogP contribution in [0.4, 0.5) is 5.69 Å². The lowest BCUT2D eigenvalue weighted by Gasteiger charge is -2.20. The fourth-order valence-corrected chi connectivity index (χ4v) is 2.55.